The van der Waals surface area contributed by atoms with Crippen molar-refractivity contribution >= 4 is 17.2 Å². The zero-order chi connectivity index (χ0) is 15.8. The van der Waals surface area contributed by atoms with Crippen LogP contribution in [0, 0.1) is 6.92 Å². The van der Waals surface area contributed by atoms with Gasteiger partial charge in [-0.05, 0) is 25.1 Å². The third-order valence-corrected chi connectivity index (χ3v) is 4.02. The summed E-state index contributed by atoms with van der Waals surface area (Å²) in [6, 6.07) is 22.0. The number of aromatic nitrogens is 3. The number of nitrogens with zero attached hydrogens (tertiary/aromatic N) is 3. The first kappa shape index (κ1) is 14.0. The molecule has 0 N–H and O–H groups in total. The minimum atomic E-state index is 0.723. The van der Waals surface area contributed by atoms with E-state index in [0.29, 0.717) is 0 Å². The van der Waals surface area contributed by atoms with Crippen LogP contribution in [0.1, 0.15) is 5.69 Å². The summed E-state index contributed by atoms with van der Waals surface area (Å²) >= 11 is 6.00. The third kappa shape index (κ3) is 2.60. The van der Waals surface area contributed by atoms with Crippen LogP contribution >= 0.6 is 11.6 Å². The van der Waals surface area contributed by atoms with Crippen molar-refractivity contribution in [2.45, 2.75) is 6.92 Å². The maximum absolute atomic E-state index is 6.00. The van der Waals surface area contributed by atoms with Crippen molar-refractivity contribution in [3.05, 3.63) is 77.4 Å². The van der Waals surface area contributed by atoms with Crippen LogP contribution in [0.25, 0.3) is 28.2 Å². The number of halogens is 1. The Balaban J connectivity index is 1.94. The molecule has 4 aromatic rings. The van der Waals surface area contributed by atoms with Gasteiger partial charge in [0.1, 0.15) is 0 Å². The van der Waals surface area contributed by atoms with Gasteiger partial charge in [0.25, 0.3) is 0 Å². The van der Waals surface area contributed by atoms with Crippen LogP contribution in [-0.2, 0) is 0 Å². The molecule has 3 nitrogen and oxygen atoms in total. The quantitative estimate of drug-likeness (QED) is 0.519. The summed E-state index contributed by atoms with van der Waals surface area (Å²) < 4.78 is 1.89. The van der Waals surface area contributed by atoms with Gasteiger partial charge in [-0.3, -0.25) is 0 Å². The average Bonchev–Trinajstić information content (AvgIpc) is 2.99. The van der Waals surface area contributed by atoms with Crippen molar-refractivity contribution in [3.63, 3.8) is 0 Å². The van der Waals surface area contributed by atoms with E-state index in [1.54, 1.807) is 0 Å². The van der Waals surface area contributed by atoms with Gasteiger partial charge in [0.2, 0.25) is 0 Å². The van der Waals surface area contributed by atoms with E-state index in [1.807, 2.05) is 66.0 Å². The molecule has 0 spiro atoms. The van der Waals surface area contributed by atoms with Crippen LogP contribution < -0.4 is 0 Å². The van der Waals surface area contributed by atoms with E-state index in [-0.39, 0.29) is 0 Å². The van der Waals surface area contributed by atoms with Crippen molar-refractivity contribution in [2.24, 2.45) is 0 Å². The minimum Gasteiger partial charge on any atom is -0.234 e. The average molecular weight is 320 g/mol. The number of rotatable bonds is 2. The van der Waals surface area contributed by atoms with E-state index in [9.17, 15) is 0 Å². The van der Waals surface area contributed by atoms with Gasteiger partial charge < -0.3 is 0 Å². The molecular weight excluding hydrogens is 306 g/mol. The normalized spacial score (nSPS) is 11.0. The second kappa shape index (κ2) is 5.52. The fourth-order valence-corrected chi connectivity index (χ4v) is 2.80. The molecule has 0 fully saturated rings. The summed E-state index contributed by atoms with van der Waals surface area (Å²) in [5.41, 5.74) is 5.87. The number of aryl methyl sites for hydroxylation is 1. The molecule has 0 saturated heterocycles. The Kier molecular flexibility index (Phi) is 3.36. The second-order valence-corrected chi connectivity index (χ2v) is 5.89. The first-order valence-electron chi connectivity index (χ1n) is 7.39. The van der Waals surface area contributed by atoms with Crippen molar-refractivity contribution in [3.8, 4) is 22.5 Å². The molecule has 4 rings (SSSR count). The summed E-state index contributed by atoms with van der Waals surface area (Å²) in [6.45, 7) is 1.99. The predicted octanol–water partition coefficient (Wildman–Crippen LogP) is 5.03. The van der Waals surface area contributed by atoms with E-state index in [0.717, 1.165) is 38.9 Å². The molecule has 112 valence electrons. The van der Waals surface area contributed by atoms with Crippen LogP contribution in [0.5, 0.6) is 0 Å². The molecule has 0 atom stereocenters. The lowest BCUT2D eigenvalue weighted by Crippen LogP contribution is -1.98. The van der Waals surface area contributed by atoms with Gasteiger partial charge in [-0.1, -0.05) is 54.1 Å². The van der Waals surface area contributed by atoms with Gasteiger partial charge in [0, 0.05) is 27.9 Å². The molecule has 0 radical (unpaired) electrons. The van der Waals surface area contributed by atoms with Gasteiger partial charge >= 0.3 is 0 Å². The summed E-state index contributed by atoms with van der Waals surface area (Å²) in [6.07, 6.45) is 0. The second-order valence-electron chi connectivity index (χ2n) is 5.46. The number of fused-ring (bicyclic) bond motifs is 1. The van der Waals surface area contributed by atoms with Gasteiger partial charge in [-0.25, -0.2) is 9.50 Å². The largest absolute Gasteiger partial charge is 0.234 e. The van der Waals surface area contributed by atoms with Crippen molar-refractivity contribution in [2.75, 3.05) is 0 Å². The molecule has 0 saturated carbocycles. The van der Waals surface area contributed by atoms with Gasteiger partial charge in [0.05, 0.1) is 11.4 Å². The lowest BCUT2D eigenvalue weighted by Gasteiger charge is -2.06. The van der Waals surface area contributed by atoms with Gasteiger partial charge in [0.15, 0.2) is 5.65 Å². The summed E-state index contributed by atoms with van der Waals surface area (Å²) in [4.78, 5) is 4.60. The van der Waals surface area contributed by atoms with Crippen LogP contribution in [0.2, 0.25) is 5.02 Å². The fraction of sp³-hybridized carbons (Fsp3) is 0.0526. The topological polar surface area (TPSA) is 30.2 Å². The van der Waals surface area contributed by atoms with Gasteiger partial charge in [-0.15, -0.1) is 0 Å². The smallest absolute Gasteiger partial charge is 0.156 e. The van der Waals surface area contributed by atoms with Crippen LogP contribution in [0.3, 0.4) is 0 Å². The first-order chi connectivity index (χ1) is 11.2. The molecule has 2 aromatic carbocycles. The van der Waals surface area contributed by atoms with Crippen LogP contribution in [0.15, 0.2) is 66.7 Å². The van der Waals surface area contributed by atoms with Crippen LogP contribution in [-0.4, -0.2) is 14.6 Å². The van der Waals surface area contributed by atoms with E-state index < -0.39 is 0 Å². The lowest BCUT2D eigenvalue weighted by atomic mass is 10.1. The Morgan fingerprint density at radius 1 is 0.870 bits per heavy atom. The standard InChI is InChI=1S/C19H14ClN3/c1-13-11-18(15-7-9-16(20)10-8-15)23-19(21-13)12-17(22-23)14-5-3-2-4-6-14/h2-12H,1H3. The van der Waals surface area contributed by atoms with Crippen molar-refractivity contribution in [1.29, 1.82) is 0 Å². The molecule has 0 aliphatic carbocycles. The number of hydrogen-bond acceptors (Lipinski definition) is 2. The fourth-order valence-electron chi connectivity index (χ4n) is 2.68. The van der Waals surface area contributed by atoms with E-state index >= 15 is 0 Å². The first-order valence-corrected chi connectivity index (χ1v) is 7.77. The number of benzene rings is 2. The molecule has 0 aliphatic rings. The Labute approximate surface area is 139 Å². The summed E-state index contributed by atoms with van der Waals surface area (Å²) in [7, 11) is 0. The Bertz CT molecular complexity index is 973. The van der Waals surface area contributed by atoms with E-state index in [2.05, 4.69) is 17.1 Å². The van der Waals surface area contributed by atoms with Crippen LogP contribution in [0.4, 0.5) is 0 Å². The monoisotopic (exact) mass is 319 g/mol. The minimum absolute atomic E-state index is 0.723. The summed E-state index contributed by atoms with van der Waals surface area (Å²) in [5, 5.41) is 5.47. The highest BCUT2D eigenvalue weighted by Crippen LogP contribution is 2.26. The Morgan fingerprint density at radius 3 is 2.35 bits per heavy atom. The maximum atomic E-state index is 6.00. The Morgan fingerprint density at radius 2 is 1.61 bits per heavy atom. The molecule has 4 heteroatoms. The predicted molar refractivity (Wildman–Crippen MR) is 93.6 cm³/mol. The van der Waals surface area contributed by atoms with E-state index in [4.69, 9.17) is 16.7 Å². The highest BCUT2D eigenvalue weighted by Gasteiger charge is 2.11. The Hall–Kier alpha value is -2.65. The molecule has 0 aliphatic heterocycles. The molecule has 2 aromatic heterocycles. The highest BCUT2D eigenvalue weighted by atomic mass is 35.5. The molecular formula is C19H14ClN3. The zero-order valence-electron chi connectivity index (χ0n) is 12.6. The molecule has 0 amide bonds. The molecule has 23 heavy (non-hydrogen) atoms. The van der Waals surface area contributed by atoms with Gasteiger partial charge in [-0.2, -0.15) is 5.10 Å². The van der Waals surface area contributed by atoms with Crippen molar-refractivity contribution in [1.82, 2.24) is 14.6 Å². The lowest BCUT2D eigenvalue weighted by molar-refractivity contribution is 0.942. The van der Waals surface area contributed by atoms with Crippen molar-refractivity contribution < 1.29 is 0 Å². The highest BCUT2D eigenvalue weighted by molar-refractivity contribution is 6.30. The SMILES string of the molecule is Cc1cc(-c2ccc(Cl)cc2)n2nc(-c3ccccc3)cc2n1. The number of hydrogen-bond donors (Lipinski definition) is 0. The zero-order valence-corrected chi connectivity index (χ0v) is 13.3. The molecule has 0 unspecified atom stereocenters. The van der Waals surface area contributed by atoms with E-state index in [1.165, 1.54) is 0 Å². The molecule has 0 bridgehead atoms. The maximum Gasteiger partial charge on any atom is 0.156 e. The third-order valence-electron chi connectivity index (χ3n) is 3.76. The summed E-state index contributed by atoms with van der Waals surface area (Å²) in [5.74, 6) is 0. The molecule has 2 heterocycles.